The lowest BCUT2D eigenvalue weighted by Crippen LogP contribution is -2.26. The number of halogens is 4. The van der Waals surface area contributed by atoms with Crippen LogP contribution in [-0.2, 0) is 6.54 Å². The van der Waals surface area contributed by atoms with E-state index in [1.165, 1.54) is 35.1 Å². The number of aromatic nitrogens is 2. The summed E-state index contributed by atoms with van der Waals surface area (Å²) in [5.41, 5.74) is 0.938. The summed E-state index contributed by atoms with van der Waals surface area (Å²) >= 11 is 16.0. The van der Waals surface area contributed by atoms with Crippen molar-refractivity contribution in [2.75, 3.05) is 5.32 Å². The van der Waals surface area contributed by atoms with Gasteiger partial charge < -0.3 is 5.32 Å². The molecule has 0 bridgehead atoms. The summed E-state index contributed by atoms with van der Waals surface area (Å²) in [6.45, 7) is 0.160. The normalized spacial score (nSPS) is 10.9. The minimum absolute atomic E-state index is 0.0829. The molecule has 0 fully saturated rings. The van der Waals surface area contributed by atoms with Crippen LogP contribution >= 0.6 is 39.1 Å². The number of benzene rings is 3. The van der Waals surface area contributed by atoms with E-state index in [0.29, 0.717) is 27.0 Å². The fourth-order valence-electron chi connectivity index (χ4n) is 3.19. The number of nitrogens with zero attached hydrogens (tertiary/aromatic N) is 2. The van der Waals surface area contributed by atoms with Gasteiger partial charge in [-0.2, -0.15) is 0 Å². The SMILES string of the molecule is O=C(Nc1ccc(F)cc1)c1cn(Cc2c(Cl)cccc2Cl)n(-c2ccc(Br)cc2)c1=O. The molecule has 5 nitrogen and oxygen atoms in total. The van der Waals surface area contributed by atoms with Gasteiger partial charge in [0.2, 0.25) is 0 Å². The van der Waals surface area contributed by atoms with E-state index in [1.54, 1.807) is 47.1 Å². The number of nitrogens with one attached hydrogen (secondary N) is 1. The summed E-state index contributed by atoms with van der Waals surface area (Å²) < 4.78 is 17.0. The Balaban J connectivity index is 1.79. The van der Waals surface area contributed by atoms with E-state index < -0.39 is 17.3 Å². The van der Waals surface area contributed by atoms with E-state index in [-0.39, 0.29) is 12.1 Å². The quantitative estimate of drug-likeness (QED) is 0.334. The number of anilines is 1. The second kappa shape index (κ2) is 9.32. The van der Waals surface area contributed by atoms with Crippen molar-refractivity contribution >= 4 is 50.7 Å². The van der Waals surface area contributed by atoms with Crippen molar-refractivity contribution in [2.24, 2.45) is 0 Å². The first kappa shape index (κ1) is 22.3. The van der Waals surface area contributed by atoms with Gasteiger partial charge in [-0.3, -0.25) is 14.3 Å². The maximum absolute atomic E-state index is 13.3. The molecule has 1 amide bonds. The Morgan fingerprint density at radius 2 is 1.59 bits per heavy atom. The first-order valence-electron chi connectivity index (χ1n) is 9.41. The third-order valence-corrected chi connectivity index (χ3v) is 5.99. The smallest absolute Gasteiger partial charge is 0.284 e. The zero-order valence-electron chi connectivity index (χ0n) is 16.4. The van der Waals surface area contributed by atoms with Gasteiger partial charge in [-0.25, -0.2) is 9.07 Å². The van der Waals surface area contributed by atoms with Crippen LogP contribution in [0, 0.1) is 5.82 Å². The highest BCUT2D eigenvalue weighted by Crippen LogP contribution is 2.26. The molecule has 3 aromatic carbocycles. The molecule has 32 heavy (non-hydrogen) atoms. The molecular weight excluding hydrogens is 520 g/mol. The zero-order chi connectivity index (χ0) is 22.8. The molecule has 1 N–H and O–H groups in total. The maximum Gasteiger partial charge on any atom is 0.284 e. The molecule has 0 saturated heterocycles. The van der Waals surface area contributed by atoms with Crippen LogP contribution in [0.3, 0.4) is 0 Å². The molecule has 4 rings (SSSR count). The number of hydrogen-bond acceptors (Lipinski definition) is 2. The zero-order valence-corrected chi connectivity index (χ0v) is 19.5. The standard InChI is InChI=1S/C23H15BrCl2FN3O2/c24-14-4-10-17(11-5-14)30-23(32)19(22(31)28-16-8-6-15(27)7-9-16)13-29(30)12-18-20(25)2-1-3-21(18)26/h1-11,13H,12H2,(H,28,31). The summed E-state index contributed by atoms with van der Waals surface area (Å²) in [6, 6.07) is 17.5. The van der Waals surface area contributed by atoms with Crippen molar-refractivity contribution in [3.05, 3.63) is 115 Å². The average Bonchev–Trinajstić information content (AvgIpc) is 3.09. The third kappa shape index (κ3) is 4.65. The van der Waals surface area contributed by atoms with Gasteiger partial charge >= 0.3 is 0 Å². The van der Waals surface area contributed by atoms with Gasteiger partial charge in [-0.15, -0.1) is 0 Å². The predicted octanol–water partition coefficient (Wildman–Crippen LogP) is 6.15. The van der Waals surface area contributed by atoms with E-state index >= 15 is 0 Å². The van der Waals surface area contributed by atoms with Crippen molar-refractivity contribution in [1.29, 1.82) is 0 Å². The van der Waals surface area contributed by atoms with Gasteiger partial charge in [0, 0.05) is 32.0 Å². The number of carbonyl (C=O) groups excluding carboxylic acids is 1. The van der Waals surface area contributed by atoms with E-state index in [9.17, 15) is 14.0 Å². The van der Waals surface area contributed by atoms with E-state index in [0.717, 1.165) is 4.47 Å². The van der Waals surface area contributed by atoms with Crippen molar-refractivity contribution in [1.82, 2.24) is 9.36 Å². The summed E-state index contributed by atoms with van der Waals surface area (Å²) in [5, 5.41) is 3.51. The topological polar surface area (TPSA) is 56.0 Å². The van der Waals surface area contributed by atoms with Crippen LogP contribution < -0.4 is 10.9 Å². The monoisotopic (exact) mass is 533 g/mol. The van der Waals surface area contributed by atoms with Crippen LogP contribution in [0.1, 0.15) is 15.9 Å². The fraction of sp³-hybridized carbons (Fsp3) is 0.0435. The molecule has 0 saturated carbocycles. The molecule has 0 radical (unpaired) electrons. The highest BCUT2D eigenvalue weighted by molar-refractivity contribution is 9.10. The van der Waals surface area contributed by atoms with E-state index in [2.05, 4.69) is 21.2 Å². The van der Waals surface area contributed by atoms with Crippen molar-refractivity contribution < 1.29 is 9.18 Å². The number of amides is 1. The number of rotatable bonds is 5. The van der Waals surface area contributed by atoms with Crippen LogP contribution in [-0.4, -0.2) is 15.3 Å². The van der Waals surface area contributed by atoms with Gasteiger partial charge in [0.25, 0.3) is 11.5 Å². The van der Waals surface area contributed by atoms with Gasteiger partial charge in [0.1, 0.15) is 11.4 Å². The van der Waals surface area contributed by atoms with Crippen LogP contribution in [0.25, 0.3) is 5.69 Å². The molecular formula is C23H15BrCl2FN3O2. The lowest BCUT2D eigenvalue weighted by molar-refractivity contribution is 0.102. The molecule has 0 aliphatic carbocycles. The molecule has 0 aliphatic heterocycles. The Hall–Kier alpha value is -2.87. The second-order valence-corrected chi connectivity index (χ2v) is 8.63. The predicted molar refractivity (Wildman–Crippen MR) is 128 cm³/mol. The molecule has 9 heteroatoms. The van der Waals surface area contributed by atoms with Crippen molar-refractivity contribution in [2.45, 2.75) is 6.54 Å². The summed E-state index contributed by atoms with van der Waals surface area (Å²) in [4.78, 5) is 26.1. The third-order valence-electron chi connectivity index (χ3n) is 4.76. The molecule has 162 valence electrons. The van der Waals surface area contributed by atoms with Crippen molar-refractivity contribution in [3.63, 3.8) is 0 Å². The first-order valence-corrected chi connectivity index (χ1v) is 11.0. The Kier molecular flexibility index (Phi) is 6.50. The molecule has 1 aromatic heterocycles. The molecule has 0 spiro atoms. The molecule has 0 atom stereocenters. The summed E-state index contributed by atoms with van der Waals surface area (Å²) in [6.07, 6.45) is 1.45. The van der Waals surface area contributed by atoms with Crippen LogP contribution in [0.5, 0.6) is 0 Å². The highest BCUT2D eigenvalue weighted by atomic mass is 79.9. The fourth-order valence-corrected chi connectivity index (χ4v) is 3.97. The minimum atomic E-state index is -0.614. The van der Waals surface area contributed by atoms with Crippen LogP contribution in [0.15, 0.2) is 82.2 Å². The maximum atomic E-state index is 13.3. The minimum Gasteiger partial charge on any atom is -0.322 e. The van der Waals surface area contributed by atoms with Crippen LogP contribution in [0.4, 0.5) is 10.1 Å². The van der Waals surface area contributed by atoms with Crippen LogP contribution in [0.2, 0.25) is 10.0 Å². The lowest BCUT2D eigenvalue weighted by atomic mass is 10.2. The van der Waals surface area contributed by atoms with Gasteiger partial charge in [-0.05, 0) is 60.7 Å². The first-order chi connectivity index (χ1) is 15.3. The molecule has 0 unspecified atom stereocenters. The van der Waals surface area contributed by atoms with Crippen molar-refractivity contribution in [3.8, 4) is 5.69 Å². The van der Waals surface area contributed by atoms with E-state index in [4.69, 9.17) is 23.2 Å². The lowest BCUT2D eigenvalue weighted by Gasteiger charge is -2.13. The Morgan fingerprint density at radius 1 is 0.969 bits per heavy atom. The largest absolute Gasteiger partial charge is 0.322 e. The molecule has 1 heterocycles. The molecule has 0 aliphatic rings. The Bertz CT molecular complexity index is 1330. The van der Waals surface area contributed by atoms with Gasteiger partial charge in [0.05, 0.1) is 12.2 Å². The Morgan fingerprint density at radius 3 is 2.22 bits per heavy atom. The average molecular weight is 535 g/mol. The summed E-state index contributed by atoms with van der Waals surface area (Å²) in [7, 11) is 0. The van der Waals surface area contributed by atoms with Gasteiger partial charge in [0.15, 0.2) is 0 Å². The van der Waals surface area contributed by atoms with E-state index in [1.807, 2.05) is 0 Å². The number of hydrogen-bond donors (Lipinski definition) is 1. The molecule has 4 aromatic rings. The number of carbonyl (C=O) groups is 1. The summed E-state index contributed by atoms with van der Waals surface area (Å²) in [5.74, 6) is -1.04. The highest BCUT2D eigenvalue weighted by Gasteiger charge is 2.20. The second-order valence-electron chi connectivity index (χ2n) is 6.89. The van der Waals surface area contributed by atoms with Gasteiger partial charge in [-0.1, -0.05) is 45.2 Å². The Labute approximate surface area is 201 Å².